The Hall–Kier alpha value is -1.66. The number of fused-ring (bicyclic) bond motifs is 3. The first-order valence-corrected chi connectivity index (χ1v) is 8.48. The quantitative estimate of drug-likeness (QED) is 0.822. The number of pyridine rings is 1. The summed E-state index contributed by atoms with van der Waals surface area (Å²) in [6.07, 6.45) is 0.888. The summed E-state index contributed by atoms with van der Waals surface area (Å²) >= 11 is 0. The number of aliphatic hydroxyl groups excluding tert-OH is 1. The molecule has 0 aromatic carbocycles. The zero-order chi connectivity index (χ0) is 16.6. The molecule has 6 nitrogen and oxygen atoms in total. The van der Waals surface area contributed by atoms with Gasteiger partial charge in [-0.15, -0.1) is 0 Å². The van der Waals surface area contributed by atoms with Gasteiger partial charge in [0, 0.05) is 43.3 Å². The molecule has 6 heteroatoms. The van der Waals surface area contributed by atoms with E-state index in [1.54, 1.807) is 16.7 Å². The summed E-state index contributed by atoms with van der Waals surface area (Å²) < 4.78 is 1.79. The van der Waals surface area contributed by atoms with Crippen molar-refractivity contribution in [2.24, 2.45) is 11.8 Å². The summed E-state index contributed by atoms with van der Waals surface area (Å²) in [6, 6.07) is 5.03. The maximum atomic E-state index is 12.6. The van der Waals surface area contributed by atoms with Crippen LogP contribution in [0.2, 0.25) is 0 Å². The van der Waals surface area contributed by atoms with E-state index < -0.39 is 0 Å². The lowest BCUT2D eigenvalue weighted by atomic mass is 9.88. The summed E-state index contributed by atoms with van der Waals surface area (Å²) in [5.74, 6) is -0.0458. The van der Waals surface area contributed by atoms with Crippen molar-refractivity contribution in [3.63, 3.8) is 0 Å². The maximum absolute atomic E-state index is 12.6. The van der Waals surface area contributed by atoms with Gasteiger partial charge in [-0.1, -0.05) is 19.9 Å². The van der Waals surface area contributed by atoms with Crippen LogP contribution in [0.4, 0.5) is 0 Å². The Bertz CT molecular complexity index is 642. The van der Waals surface area contributed by atoms with Gasteiger partial charge in [-0.3, -0.25) is 14.5 Å². The molecule has 0 aliphatic carbocycles. The first-order valence-electron chi connectivity index (χ1n) is 8.48. The lowest BCUT2D eigenvalue weighted by Crippen LogP contribution is -2.48. The molecule has 4 atom stereocenters. The Morgan fingerprint density at radius 3 is 2.83 bits per heavy atom. The fourth-order valence-corrected chi connectivity index (χ4v) is 4.28. The molecule has 2 aliphatic heterocycles. The van der Waals surface area contributed by atoms with Crippen molar-refractivity contribution < 1.29 is 9.90 Å². The van der Waals surface area contributed by atoms with Gasteiger partial charge in [-0.25, -0.2) is 0 Å². The molecule has 0 bridgehead atoms. The van der Waals surface area contributed by atoms with Crippen LogP contribution in [0, 0.1) is 11.8 Å². The summed E-state index contributed by atoms with van der Waals surface area (Å²) in [6.45, 7) is 5.96. The summed E-state index contributed by atoms with van der Waals surface area (Å²) in [5, 5.41) is 12.9. The predicted molar refractivity (Wildman–Crippen MR) is 87.0 cm³/mol. The number of hydrogen-bond acceptors (Lipinski definition) is 4. The lowest BCUT2D eigenvalue weighted by Gasteiger charge is -2.29. The first-order chi connectivity index (χ1) is 11.1. The van der Waals surface area contributed by atoms with Crippen LogP contribution in [0.15, 0.2) is 23.0 Å². The zero-order valence-electron chi connectivity index (χ0n) is 13.7. The molecule has 0 spiro atoms. The Kier molecular flexibility index (Phi) is 4.55. The Labute approximate surface area is 136 Å². The van der Waals surface area contributed by atoms with Crippen LogP contribution in [0.5, 0.6) is 0 Å². The summed E-state index contributed by atoms with van der Waals surface area (Å²) in [7, 11) is 0. The van der Waals surface area contributed by atoms with E-state index in [0.29, 0.717) is 19.6 Å². The summed E-state index contributed by atoms with van der Waals surface area (Å²) in [4.78, 5) is 26.9. The van der Waals surface area contributed by atoms with Gasteiger partial charge in [0.15, 0.2) is 0 Å². The average molecular weight is 319 g/mol. The largest absolute Gasteiger partial charge is 0.396 e. The maximum Gasteiger partial charge on any atom is 0.250 e. The number of likely N-dealkylation sites (tertiary alicyclic amines) is 1. The number of aromatic nitrogens is 1. The second kappa shape index (κ2) is 6.45. The van der Waals surface area contributed by atoms with Crippen molar-refractivity contribution in [2.75, 3.05) is 19.7 Å². The second-order valence-electron chi connectivity index (χ2n) is 6.42. The number of amides is 1. The number of nitrogens with zero attached hydrogens (tertiary/aromatic N) is 2. The highest BCUT2D eigenvalue weighted by molar-refractivity contribution is 5.82. The molecule has 1 fully saturated rings. The van der Waals surface area contributed by atoms with Crippen LogP contribution in [-0.2, 0) is 11.3 Å². The van der Waals surface area contributed by atoms with Gasteiger partial charge < -0.3 is 15.0 Å². The number of rotatable bonds is 5. The molecule has 1 amide bonds. The van der Waals surface area contributed by atoms with Crippen molar-refractivity contribution in [2.45, 2.75) is 38.9 Å². The van der Waals surface area contributed by atoms with Gasteiger partial charge >= 0.3 is 0 Å². The third-order valence-electron chi connectivity index (χ3n) is 5.25. The van der Waals surface area contributed by atoms with Gasteiger partial charge in [0.25, 0.3) is 5.56 Å². The van der Waals surface area contributed by atoms with Crippen molar-refractivity contribution in [3.05, 3.63) is 34.2 Å². The fourth-order valence-electron chi connectivity index (χ4n) is 4.28. The minimum atomic E-state index is -0.324. The number of nitrogens with one attached hydrogen (secondary N) is 1. The van der Waals surface area contributed by atoms with Crippen molar-refractivity contribution >= 4 is 5.91 Å². The van der Waals surface area contributed by atoms with E-state index >= 15 is 0 Å². The molecule has 1 aromatic heterocycles. The second-order valence-corrected chi connectivity index (χ2v) is 6.42. The average Bonchev–Trinajstić information content (AvgIpc) is 3.07. The third kappa shape index (κ3) is 2.50. The molecular formula is C17H25N3O3. The minimum absolute atomic E-state index is 0.00312. The van der Waals surface area contributed by atoms with Crippen LogP contribution in [0.1, 0.15) is 32.0 Å². The summed E-state index contributed by atoms with van der Waals surface area (Å²) in [5.41, 5.74) is 0.963. The molecule has 3 heterocycles. The number of hydrogen-bond donors (Lipinski definition) is 2. The molecule has 3 rings (SSSR count). The Morgan fingerprint density at radius 2 is 2.17 bits per heavy atom. The Morgan fingerprint density at radius 1 is 1.39 bits per heavy atom. The SMILES string of the molecule is CCCNC(=O)[C@H]1[C@H](CO)[C@H]2Cn3c(cccc3=O)[C@H]2N1CC. The van der Waals surface area contributed by atoms with Gasteiger partial charge in [-0.2, -0.15) is 0 Å². The molecule has 0 radical (unpaired) electrons. The van der Waals surface area contributed by atoms with Crippen molar-refractivity contribution in [1.29, 1.82) is 0 Å². The first kappa shape index (κ1) is 16.2. The van der Waals surface area contributed by atoms with Crippen LogP contribution in [-0.4, -0.2) is 46.2 Å². The van der Waals surface area contributed by atoms with Gasteiger partial charge in [0.2, 0.25) is 5.91 Å². The highest BCUT2D eigenvalue weighted by Gasteiger charge is 2.54. The van der Waals surface area contributed by atoms with Gasteiger partial charge in [-0.05, 0) is 19.0 Å². The fraction of sp³-hybridized carbons (Fsp3) is 0.647. The molecular weight excluding hydrogens is 294 g/mol. The number of carbonyl (C=O) groups excluding carboxylic acids is 1. The van der Waals surface area contributed by atoms with Crippen molar-refractivity contribution in [1.82, 2.24) is 14.8 Å². The van der Waals surface area contributed by atoms with E-state index in [2.05, 4.69) is 10.2 Å². The topological polar surface area (TPSA) is 74.6 Å². The number of aliphatic hydroxyl groups is 1. The number of likely N-dealkylation sites (N-methyl/N-ethyl adjacent to an activating group) is 1. The van der Waals surface area contributed by atoms with E-state index in [0.717, 1.165) is 12.1 Å². The lowest BCUT2D eigenvalue weighted by molar-refractivity contribution is -0.127. The Balaban J connectivity index is 1.97. The van der Waals surface area contributed by atoms with E-state index in [9.17, 15) is 14.7 Å². The standard InChI is InChI=1S/C17H25N3O3/c1-3-8-18-17(23)16-12(10-21)11-9-20-13(6-5-7-14(20)22)15(11)19(16)4-2/h5-7,11-12,15-16,21H,3-4,8-10H2,1-2H3,(H,18,23)/t11-,12-,15+,16-/m1/s1. The smallest absolute Gasteiger partial charge is 0.250 e. The van der Waals surface area contributed by atoms with Crippen LogP contribution < -0.4 is 10.9 Å². The highest BCUT2D eigenvalue weighted by atomic mass is 16.3. The van der Waals surface area contributed by atoms with Gasteiger partial charge in [0.05, 0.1) is 12.1 Å². The van der Waals surface area contributed by atoms with Crippen LogP contribution in [0.25, 0.3) is 0 Å². The van der Waals surface area contributed by atoms with Gasteiger partial charge in [0.1, 0.15) is 0 Å². The zero-order valence-corrected chi connectivity index (χ0v) is 13.7. The molecule has 126 valence electrons. The van der Waals surface area contributed by atoms with E-state index in [1.165, 1.54) is 0 Å². The van der Waals surface area contributed by atoms with Crippen LogP contribution >= 0.6 is 0 Å². The monoisotopic (exact) mass is 319 g/mol. The number of carbonyl (C=O) groups is 1. The highest BCUT2D eigenvalue weighted by Crippen LogP contribution is 2.48. The van der Waals surface area contributed by atoms with E-state index in [1.807, 2.05) is 19.9 Å². The molecule has 0 saturated carbocycles. The molecule has 0 unspecified atom stereocenters. The minimum Gasteiger partial charge on any atom is -0.396 e. The molecule has 2 aliphatic rings. The normalized spacial score (nSPS) is 29.3. The molecule has 1 saturated heterocycles. The van der Waals surface area contributed by atoms with E-state index in [4.69, 9.17) is 0 Å². The van der Waals surface area contributed by atoms with Crippen LogP contribution in [0.3, 0.4) is 0 Å². The molecule has 23 heavy (non-hydrogen) atoms. The predicted octanol–water partition coefficient (Wildman–Crippen LogP) is 0.358. The van der Waals surface area contributed by atoms with Crippen molar-refractivity contribution in [3.8, 4) is 0 Å². The molecule has 2 N–H and O–H groups in total. The molecule has 1 aromatic rings. The van der Waals surface area contributed by atoms with E-state index in [-0.39, 0.29) is 42.0 Å². The third-order valence-corrected chi connectivity index (χ3v) is 5.25.